The Kier molecular flexibility index (Phi) is 8.83. The van der Waals surface area contributed by atoms with Crippen molar-refractivity contribution in [2.45, 2.75) is 32.0 Å². The van der Waals surface area contributed by atoms with E-state index in [1.54, 1.807) is 0 Å². The lowest BCUT2D eigenvalue weighted by Gasteiger charge is -2.16. The van der Waals surface area contributed by atoms with Gasteiger partial charge in [-0.25, -0.2) is 4.79 Å². The number of amides is 2. The minimum atomic E-state index is -0.476. The van der Waals surface area contributed by atoms with Crippen molar-refractivity contribution in [2.75, 3.05) is 6.54 Å². The lowest BCUT2D eigenvalue weighted by molar-refractivity contribution is -0.120. The van der Waals surface area contributed by atoms with E-state index in [0.717, 1.165) is 22.3 Å². The number of primary amides is 1. The zero-order valence-corrected chi connectivity index (χ0v) is 18.0. The fourth-order valence-corrected chi connectivity index (χ4v) is 3.30. The molecule has 32 heavy (non-hydrogen) atoms. The molecule has 4 N–H and O–H groups in total. The zero-order valence-electron chi connectivity index (χ0n) is 18.0. The Morgan fingerprint density at radius 1 is 0.812 bits per heavy atom. The summed E-state index contributed by atoms with van der Waals surface area (Å²) in [6.45, 7) is 1.17. The van der Waals surface area contributed by atoms with Gasteiger partial charge in [0.15, 0.2) is 0 Å². The smallest absolute Gasteiger partial charge is 0.407 e. The van der Waals surface area contributed by atoms with Crippen molar-refractivity contribution in [3.05, 3.63) is 96.1 Å². The average Bonchev–Trinajstić information content (AvgIpc) is 2.83. The van der Waals surface area contributed by atoms with Gasteiger partial charge in [-0.2, -0.15) is 0 Å². The maximum absolute atomic E-state index is 11.8. The zero-order chi connectivity index (χ0) is 22.6. The number of ether oxygens (including phenoxy) is 1. The van der Waals surface area contributed by atoms with Crippen LogP contribution in [0.15, 0.2) is 84.9 Å². The molecule has 0 aromatic heterocycles. The highest BCUT2D eigenvalue weighted by Gasteiger charge is 2.14. The minimum absolute atomic E-state index is 0.223. The summed E-state index contributed by atoms with van der Waals surface area (Å²) in [5.74, 6) is -0.405. The van der Waals surface area contributed by atoms with Crippen molar-refractivity contribution >= 4 is 12.0 Å². The first-order chi connectivity index (χ1) is 15.6. The van der Waals surface area contributed by atoms with Crippen molar-refractivity contribution in [1.29, 1.82) is 0 Å². The fraction of sp³-hybridized carbons (Fsp3) is 0.231. The molecule has 0 aliphatic heterocycles. The summed E-state index contributed by atoms with van der Waals surface area (Å²) in [7, 11) is 0. The Balaban J connectivity index is 1.37. The van der Waals surface area contributed by atoms with Crippen molar-refractivity contribution < 1.29 is 14.3 Å². The maximum atomic E-state index is 11.8. The van der Waals surface area contributed by atoms with Gasteiger partial charge < -0.3 is 21.1 Å². The second kappa shape index (κ2) is 12.3. The van der Waals surface area contributed by atoms with E-state index in [4.69, 9.17) is 10.5 Å². The highest BCUT2D eigenvalue weighted by Crippen LogP contribution is 2.19. The van der Waals surface area contributed by atoms with Gasteiger partial charge in [-0.3, -0.25) is 4.79 Å². The van der Waals surface area contributed by atoms with Crippen LogP contribution < -0.4 is 16.4 Å². The summed E-state index contributed by atoms with van der Waals surface area (Å²) in [4.78, 5) is 23.6. The van der Waals surface area contributed by atoms with Gasteiger partial charge in [-0.05, 0) is 35.1 Å². The Morgan fingerprint density at radius 3 is 2.09 bits per heavy atom. The molecule has 0 fully saturated rings. The monoisotopic (exact) mass is 431 g/mol. The van der Waals surface area contributed by atoms with Crippen LogP contribution in [0.5, 0.6) is 0 Å². The summed E-state index contributed by atoms with van der Waals surface area (Å²) in [5, 5.41) is 5.91. The Morgan fingerprint density at radius 2 is 1.44 bits per heavy atom. The fourth-order valence-electron chi connectivity index (χ4n) is 3.30. The van der Waals surface area contributed by atoms with Crippen LogP contribution in [-0.4, -0.2) is 24.6 Å². The number of hydrogen-bond donors (Lipinski definition) is 3. The Labute approximate surface area is 188 Å². The topological polar surface area (TPSA) is 93.5 Å². The second-order valence-corrected chi connectivity index (χ2v) is 7.53. The minimum Gasteiger partial charge on any atom is -0.445 e. The van der Waals surface area contributed by atoms with Gasteiger partial charge >= 0.3 is 6.09 Å². The molecule has 0 radical (unpaired) electrons. The van der Waals surface area contributed by atoms with Crippen LogP contribution >= 0.6 is 0 Å². The van der Waals surface area contributed by atoms with Crippen molar-refractivity contribution in [1.82, 2.24) is 10.6 Å². The van der Waals surface area contributed by atoms with Crippen LogP contribution in [-0.2, 0) is 22.7 Å². The van der Waals surface area contributed by atoms with Gasteiger partial charge in [-0.15, -0.1) is 0 Å². The van der Waals surface area contributed by atoms with Gasteiger partial charge in [0.05, 0.1) is 6.04 Å². The number of carbonyl (C=O) groups excluding carboxylic acids is 2. The number of benzene rings is 3. The van der Waals surface area contributed by atoms with Gasteiger partial charge in [0, 0.05) is 13.1 Å². The summed E-state index contributed by atoms with van der Waals surface area (Å²) >= 11 is 0. The quantitative estimate of drug-likeness (QED) is 0.400. The van der Waals surface area contributed by atoms with E-state index in [9.17, 15) is 9.59 Å². The third-order valence-corrected chi connectivity index (χ3v) is 5.11. The highest BCUT2D eigenvalue weighted by molar-refractivity contribution is 5.79. The van der Waals surface area contributed by atoms with Gasteiger partial charge in [0.2, 0.25) is 5.91 Å². The predicted molar refractivity (Wildman–Crippen MR) is 126 cm³/mol. The number of nitrogens with one attached hydrogen (secondary N) is 2. The number of hydrogen-bond acceptors (Lipinski definition) is 4. The molecule has 0 aliphatic carbocycles. The first-order valence-electron chi connectivity index (χ1n) is 10.7. The standard InChI is InChI=1S/C26H29N3O3/c27-25(30)24(12-7-17-28-26(31)32-19-21-8-3-1-4-9-21)29-18-20-13-15-23(16-14-20)22-10-5-2-6-11-22/h1-6,8-11,13-16,24,29H,7,12,17-19H2,(H2,27,30)(H,28,31)/t24-/m0/s1. The summed E-state index contributed by atoms with van der Waals surface area (Å²) in [6, 6.07) is 27.4. The van der Waals surface area contributed by atoms with E-state index in [1.165, 1.54) is 0 Å². The molecular formula is C26H29N3O3. The molecule has 0 spiro atoms. The molecule has 0 aliphatic rings. The molecule has 0 saturated heterocycles. The largest absolute Gasteiger partial charge is 0.445 e. The van der Waals surface area contributed by atoms with Crippen LogP contribution in [0.3, 0.4) is 0 Å². The third kappa shape index (κ3) is 7.56. The Bertz CT molecular complexity index is 976. The van der Waals surface area contributed by atoms with E-state index in [0.29, 0.717) is 25.9 Å². The molecule has 0 heterocycles. The SMILES string of the molecule is NC(=O)[C@H](CCCNC(=O)OCc1ccccc1)NCc1ccc(-c2ccccc2)cc1. The van der Waals surface area contributed by atoms with Gasteiger partial charge in [0.1, 0.15) is 6.61 Å². The molecule has 0 bridgehead atoms. The maximum Gasteiger partial charge on any atom is 0.407 e. The van der Waals surface area contributed by atoms with E-state index < -0.39 is 18.0 Å². The van der Waals surface area contributed by atoms with E-state index in [-0.39, 0.29) is 6.61 Å². The predicted octanol–water partition coefficient (Wildman–Crippen LogP) is 4.00. The van der Waals surface area contributed by atoms with Crippen molar-refractivity contribution in [3.63, 3.8) is 0 Å². The summed E-state index contributed by atoms with van der Waals surface area (Å²) in [6.07, 6.45) is 0.653. The number of carbonyl (C=O) groups is 2. The molecule has 0 saturated carbocycles. The van der Waals surface area contributed by atoms with Crippen LogP contribution in [0, 0.1) is 0 Å². The van der Waals surface area contributed by atoms with Gasteiger partial charge in [0.25, 0.3) is 0 Å². The third-order valence-electron chi connectivity index (χ3n) is 5.11. The van der Waals surface area contributed by atoms with Crippen LogP contribution in [0.4, 0.5) is 4.79 Å². The molecular weight excluding hydrogens is 402 g/mol. The molecule has 3 aromatic carbocycles. The van der Waals surface area contributed by atoms with Crippen LogP contribution in [0.1, 0.15) is 24.0 Å². The molecule has 0 unspecified atom stereocenters. The van der Waals surface area contributed by atoms with E-state index >= 15 is 0 Å². The normalized spacial score (nSPS) is 11.5. The lowest BCUT2D eigenvalue weighted by Crippen LogP contribution is -2.41. The van der Waals surface area contributed by atoms with Crippen molar-refractivity contribution in [2.24, 2.45) is 5.73 Å². The molecule has 3 aromatic rings. The number of alkyl carbamates (subject to hydrolysis) is 1. The average molecular weight is 432 g/mol. The van der Waals surface area contributed by atoms with Crippen molar-refractivity contribution in [3.8, 4) is 11.1 Å². The second-order valence-electron chi connectivity index (χ2n) is 7.53. The molecule has 2 amide bonds. The molecule has 166 valence electrons. The highest BCUT2D eigenvalue weighted by atomic mass is 16.5. The van der Waals surface area contributed by atoms with Gasteiger partial charge in [-0.1, -0.05) is 84.9 Å². The summed E-state index contributed by atoms with van der Waals surface area (Å²) < 4.78 is 5.17. The number of rotatable bonds is 11. The van der Waals surface area contributed by atoms with Crippen LogP contribution in [0.2, 0.25) is 0 Å². The van der Waals surface area contributed by atoms with E-state index in [2.05, 4.69) is 34.9 Å². The molecule has 6 heteroatoms. The lowest BCUT2D eigenvalue weighted by atomic mass is 10.0. The Hall–Kier alpha value is -3.64. The van der Waals surface area contributed by atoms with E-state index in [1.807, 2.05) is 60.7 Å². The molecule has 1 atom stereocenters. The first-order valence-corrected chi connectivity index (χ1v) is 10.7. The molecule has 3 rings (SSSR count). The first kappa shape index (κ1) is 23.0. The summed E-state index contributed by atoms with van der Waals surface area (Å²) in [5.41, 5.74) is 9.85. The number of nitrogens with two attached hydrogens (primary N) is 1. The van der Waals surface area contributed by atoms with Crippen LogP contribution in [0.25, 0.3) is 11.1 Å². The molecule has 6 nitrogen and oxygen atoms in total.